The second-order valence-corrected chi connectivity index (χ2v) is 4.78. The van der Waals surface area contributed by atoms with Crippen LogP contribution >= 0.6 is 0 Å². The van der Waals surface area contributed by atoms with Crippen molar-refractivity contribution >= 4 is 0 Å². The third-order valence-electron chi connectivity index (χ3n) is 2.80. The van der Waals surface area contributed by atoms with E-state index in [2.05, 4.69) is 24.0 Å². The Morgan fingerprint density at radius 1 is 1.47 bits per heavy atom. The summed E-state index contributed by atoms with van der Waals surface area (Å²) in [6.45, 7) is 9.10. The maximum absolute atomic E-state index is 6.09. The topological polar surface area (TPSA) is 74.2 Å². The first-order chi connectivity index (χ1) is 7.99. The number of rotatable bonds is 7. The zero-order chi connectivity index (χ0) is 12.9. The van der Waals surface area contributed by atoms with Gasteiger partial charge in [0.25, 0.3) is 0 Å². The third kappa shape index (κ3) is 4.09. The molecule has 98 valence electrons. The number of aromatic nitrogens is 2. The number of hydrogen-bond acceptors (Lipinski definition) is 5. The van der Waals surface area contributed by atoms with Crippen molar-refractivity contribution < 1.29 is 9.26 Å². The molecule has 0 spiro atoms. The Bertz CT molecular complexity index is 336. The summed E-state index contributed by atoms with van der Waals surface area (Å²) in [7, 11) is 0. The molecule has 0 aliphatic rings. The summed E-state index contributed by atoms with van der Waals surface area (Å²) in [6.07, 6.45) is 1.89. The Morgan fingerprint density at radius 2 is 2.18 bits per heavy atom. The molecule has 0 amide bonds. The molecule has 0 saturated carbocycles. The maximum atomic E-state index is 6.09. The van der Waals surface area contributed by atoms with Crippen molar-refractivity contribution in [1.82, 2.24) is 10.1 Å². The van der Waals surface area contributed by atoms with Crippen molar-refractivity contribution in [3.63, 3.8) is 0 Å². The van der Waals surface area contributed by atoms with Gasteiger partial charge < -0.3 is 15.0 Å². The molecule has 0 radical (unpaired) electrons. The minimum absolute atomic E-state index is 0.395. The van der Waals surface area contributed by atoms with E-state index in [-0.39, 0.29) is 0 Å². The summed E-state index contributed by atoms with van der Waals surface area (Å²) in [5, 5.41) is 3.94. The monoisotopic (exact) mass is 241 g/mol. The average Bonchev–Trinajstić information content (AvgIpc) is 2.75. The fraction of sp³-hybridized carbons (Fsp3) is 0.833. The van der Waals surface area contributed by atoms with Gasteiger partial charge in [0, 0.05) is 13.0 Å². The van der Waals surface area contributed by atoms with Crippen LogP contribution < -0.4 is 5.73 Å². The summed E-state index contributed by atoms with van der Waals surface area (Å²) < 4.78 is 10.5. The molecule has 17 heavy (non-hydrogen) atoms. The second-order valence-electron chi connectivity index (χ2n) is 4.78. The Hall–Kier alpha value is -0.940. The van der Waals surface area contributed by atoms with E-state index < -0.39 is 5.54 Å². The molecule has 0 bridgehead atoms. The molecule has 2 atom stereocenters. The van der Waals surface area contributed by atoms with E-state index in [1.54, 1.807) is 0 Å². The Morgan fingerprint density at radius 3 is 2.76 bits per heavy atom. The van der Waals surface area contributed by atoms with Crippen LogP contribution in [-0.2, 0) is 16.7 Å². The predicted octanol–water partition coefficient (Wildman–Crippen LogP) is 1.87. The smallest absolute Gasteiger partial charge is 0.226 e. The quantitative estimate of drug-likeness (QED) is 0.788. The number of nitrogens with zero attached hydrogens (tertiary/aromatic N) is 2. The molecular weight excluding hydrogens is 218 g/mol. The lowest BCUT2D eigenvalue weighted by molar-refractivity contribution is 0.0962. The molecule has 1 aromatic rings. The average molecular weight is 241 g/mol. The zero-order valence-corrected chi connectivity index (χ0v) is 11.2. The normalized spacial score (nSPS) is 16.8. The van der Waals surface area contributed by atoms with Gasteiger partial charge in [-0.05, 0) is 19.8 Å². The highest BCUT2D eigenvalue weighted by atomic mass is 16.5. The molecule has 5 nitrogen and oxygen atoms in total. The van der Waals surface area contributed by atoms with Gasteiger partial charge in [-0.25, -0.2) is 0 Å². The van der Waals surface area contributed by atoms with Crippen molar-refractivity contribution in [1.29, 1.82) is 0 Å². The predicted molar refractivity (Wildman–Crippen MR) is 65.5 cm³/mol. The van der Waals surface area contributed by atoms with E-state index in [1.165, 1.54) is 0 Å². The summed E-state index contributed by atoms with van der Waals surface area (Å²) in [6, 6.07) is 0. The van der Waals surface area contributed by atoms with Crippen molar-refractivity contribution in [2.75, 3.05) is 13.2 Å². The van der Waals surface area contributed by atoms with E-state index >= 15 is 0 Å². The largest absolute Gasteiger partial charge is 0.379 e. The van der Waals surface area contributed by atoms with Gasteiger partial charge in [0.15, 0.2) is 5.82 Å². The van der Waals surface area contributed by atoms with E-state index in [0.29, 0.717) is 30.8 Å². The molecule has 0 saturated heterocycles. The molecule has 0 fully saturated rings. The molecule has 5 heteroatoms. The van der Waals surface area contributed by atoms with Crippen LogP contribution in [-0.4, -0.2) is 23.4 Å². The zero-order valence-electron chi connectivity index (χ0n) is 11.2. The number of nitrogens with two attached hydrogens (primary N) is 1. The third-order valence-corrected chi connectivity index (χ3v) is 2.80. The first-order valence-electron chi connectivity index (χ1n) is 6.19. The lowest BCUT2D eigenvalue weighted by Crippen LogP contribution is -2.39. The van der Waals surface area contributed by atoms with E-state index in [9.17, 15) is 0 Å². The highest BCUT2D eigenvalue weighted by Crippen LogP contribution is 2.17. The maximum Gasteiger partial charge on any atom is 0.226 e. The van der Waals surface area contributed by atoms with Crippen LogP contribution in [0.1, 0.15) is 45.8 Å². The van der Waals surface area contributed by atoms with Gasteiger partial charge in [0.1, 0.15) is 5.54 Å². The number of hydrogen-bond donors (Lipinski definition) is 1. The van der Waals surface area contributed by atoms with Gasteiger partial charge in [-0.3, -0.25) is 0 Å². The first-order valence-corrected chi connectivity index (χ1v) is 6.19. The van der Waals surface area contributed by atoms with Crippen LogP contribution in [0.3, 0.4) is 0 Å². The Kier molecular flexibility index (Phi) is 5.08. The molecule has 1 aromatic heterocycles. The molecule has 1 rings (SSSR count). The molecule has 0 aromatic carbocycles. The lowest BCUT2D eigenvalue weighted by Gasteiger charge is -2.19. The van der Waals surface area contributed by atoms with Gasteiger partial charge in [-0.1, -0.05) is 25.4 Å². The molecule has 1 heterocycles. The van der Waals surface area contributed by atoms with Gasteiger partial charge >= 0.3 is 0 Å². The van der Waals surface area contributed by atoms with Crippen LogP contribution in [0.15, 0.2) is 4.52 Å². The molecular formula is C12H23N3O2. The standard InChI is InChI=1S/C12H23N3O2/c1-5-9(3)7-10-14-11(15-17-10)12(4,13)8-16-6-2/h9H,5-8,13H2,1-4H3. The Labute approximate surface area is 103 Å². The van der Waals surface area contributed by atoms with Crippen molar-refractivity contribution in [3.05, 3.63) is 11.7 Å². The second kappa shape index (κ2) is 6.12. The van der Waals surface area contributed by atoms with Gasteiger partial charge in [-0.15, -0.1) is 0 Å². The van der Waals surface area contributed by atoms with E-state index in [4.69, 9.17) is 15.0 Å². The summed E-state index contributed by atoms with van der Waals surface area (Å²) in [5.74, 6) is 1.71. The van der Waals surface area contributed by atoms with Crippen molar-refractivity contribution in [3.8, 4) is 0 Å². The highest BCUT2D eigenvalue weighted by molar-refractivity contribution is 5.02. The fourth-order valence-electron chi connectivity index (χ4n) is 1.39. The van der Waals surface area contributed by atoms with Crippen molar-refractivity contribution in [2.24, 2.45) is 11.7 Å². The molecule has 0 aliphatic heterocycles. The van der Waals surface area contributed by atoms with Crippen molar-refractivity contribution in [2.45, 2.75) is 46.1 Å². The van der Waals surface area contributed by atoms with E-state index in [0.717, 1.165) is 12.8 Å². The van der Waals surface area contributed by atoms with Crippen LogP contribution in [0.25, 0.3) is 0 Å². The van der Waals surface area contributed by atoms with Gasteiger partial charge in [0.2, 0.25) is 5.89 Å². The SMILES string of the molecule is CCOCC(C)(N)c1noc(CC(C)CC)n1. The Balaban J connectivity index is 2.66. The van der Waals surface area contributed by atoms with Crippen LogP contribution in [0.2, 0.25) is 0 Å². The minimum Gasteiger partial charge on any atom is -0.379 e. The minimum atomic E-state index is -0.687. The summed E-state index contributed by atoms with van der Waals surface area (Å²) in [4.78, 5) is 4.34. The van der Waals surface area contributed by atoms with Gasteiger partial charge in [0.05, 0.1) is 6.61 Å². The van der Waals surface area contributed by atoms with Gasteiger partial charge in [-0.2, -0.15) is 4.98 Å². The highest BCUT2D eigenvalue weighted by Gasteiger charge is 2.27. The molecule has 2 unspecified atom stereocenters. The van der Waals surface area contributed by atoms with E-state index in [1.807, 2.05) is 13.8 Å². The van der Waals surface area contributed by atoms with Crippen LogP contribution in [0.4, 0.5) is 0 Å². The number of ether oxygens (including phenoxy) is 1. The molecule has 0 aliphatic carbocycles. The fourth-order valence-corrected chi connectivity index (χ4v) is 1.39. The molecule has 2 N–H and O–H groups in total. The summed E-state index contributed by atoms with van der Waals surface area (Å²) in [5.41, 5.74) is 5.40. The summed E-state index contributed by atoms with van der Waals surface area (Å²) >= 11 is 0. The lowest BCUT2D eigenvalue weighted by atomic mass is 10.0. The van der Waals surface area contributed by atoms with Crippen LogP contribution in [0, 0.1) is 5.92 Å². The first kappa shape index (κ1) is 14.1. The van der Waals surface area contributed by atoms with Crippen LogP contribution in [0.5, 0.6) is 0 Å².